The summed E-state index contributed by atoms with van der Waals surface area (Å²) in [5.41, 5.74) is 12.2. The molecule has 0 heterocycles. The Bertz CT molecular complexity index is 395. The molecule has 0 saturated heterocycles. The summed E-state index contributed by atoms with van der Waals surface area (Å²) in [5.74, 6) is -0.307. The average Bonchev–Trinajstić information content (AvgIpc) is 2.44. The third-order valence-corrected chi connectivity index (χ3v) is 2.85. The Morgan fingerprint density at radius 3 is 2.58 bits per heavy atom. The number of carbonyl (C=O) groups is 2. The first-order chi connectivity index (χ1) is 9.17. The molecule has 5 nitrogen and oxygen atoms in total. The van der Waals surface area contributed by atoms with E-state index >= 15 is 0 Å². The summed E-state index contributed by atoms with van der Waals surface area (Å²) in [4.78, 5) is 22.7. The molecular weight excluding hydrogens is 242 g/mol. The van der Waals surface area contributed by atoms with Gasteiger partial charge in [0.2, 0.25) is 5.91 Å². The molecule has 0 radical (unpaired) electrons. The number of hydrogen-bond donors (Lipinski definition) is 3. The molecule has 5 heteroatoms. The second-order valence-corrected chi connectivity index (χ2v) is 4.48. The van der Waals surface area contributed by atoms with Gasteiger partial charge >= 0.3 is 0 Å². The standard InChI is InChI=1S/C14H21N3O2/c15-8-4-7-12(10-18)17-14(19)13(16)9-11-5-2-1-3-6-11/h1-3,5-6,10,12-13H,4,7-9,15-16H2,(H,17,19)/t12-,13-/m0/s1. The zero-order valence-corrected chi connectivity index (χ0v) is 10.9. The zero-order chi connectivity index (χ0) is 14.1. The molecule has 1 aromatic carbocycles. The Kier molecular flexibility index (Phi) is 6.78. The molecule has 5 N–H and O–H groups in total. The third kappa shape index (κ3) is 5.63. The van der Waals surface area contributed by atoms with Crippen molar-refractivity contribution in [2.75, 3.05) is 6.54 Å². The molecule has 1 rings (SSSR count). The first-order valence-electron chi connectivity index (χ1n) is 6.42. The summed E-state index contributed by atoms with van der Waals surface area (Å²) in [7, 11) is 0. The van der Waals surface area contributed by atoms with Gasteiger partial charge in [-0.05, 0) is 31.4 Å². The second-order valence-electron chi connectivity index (χ2n) is 4.48. The fourth-order valence-electron chi connectivity index (χ4n) is 1.76. The minimum atomic E-state index is -0.650. The Balaban J connectivity index is 2.45. The lowest BCUT2D eigenvalue weighted by Crippen LogP contribution is -2.47. The predicted octanol–water partition coefficient (Wildman–Crippen LogP) is -0.0210. The van der Waals surface area contributed by atoms with Crippen molar-refractivity contribution in [2.45, 2.75) is 31.3 Å². The maximum absolute atomic E-state index is 11.9. The molecule has 2 atom stereocenters. The van der Waals surface area contributed by atoms with Crippen LogP contribution >= 0.6 is 0 Å². The highest BCUT2D eigenvalue weighted by Crippen LogP contribution is 2.02. The SMILES string of the molecule is NCCC[C@@H](C=O)NC(=O)[C@@H](N)Cc1ccccc1. The molecule has 19 heavy (non-hydrogen) atoms. The van der Waals surface area contributed by atoms with Crippen molar-refractivity contribution >= 4 is 12.2 Å². The van der Waals surface area contributed by atoms with Crippen LogP contribution in [0.2, 0.25) is 0 Å². The van der Waals surface area contributed by atoms with E-state index in [2.05, 4.69) is 5.32 Å². The quantitative estimate of drug-likeness (QED) is 0.574. The molecule has 0 aliphatic rings. The lowest BCUT2D eigenvalue weighted by atomic mass is 10.1. The van der Waals surface area contributed by atoms with Crippen LogP contribution in [0, 0.1) is 0 Å². The Morgan fingerprint density at radius 2 is 2.00 bits per heavy atom. The minimum Gasteiger partial charge on any atom is -0.345 e. The van der Waals surface area contributed by atoms with E-state index in [9.17, 15) is 9.59 Å². The molecule has 0 saturated carbocycles. The zero-order valence-electron chi connectivity index (χ0n) is 10.9. The smallest absolute Gasteiger partial charge is 0.237 e. The summed E-state index contributed by atoms with van der Waals surface area (Å²) < 4.78 is 0. The molecule has 1 aromatic rings. The van der Waals surface area contributed by atoms with Crippen LogP contribution in [-0.2, 0) is 16.0 Å². The summed E-state index contributed by atoms with van der Waals surface area (Å²) >= 11 is 0. The van der Waals surface area contributed by atoms with Gasteiger partial charge in [-0.2, -0.15) is 0 Å². The van der Waals surface area contributed by atoms with Crippen LogP contribution in [0.5, 0.6) is 0 Å². The fourth-order valence-corrected chi connectivity index (χ4v) is 1.76. The number of nitrogens with one attached hydrogen (secondary N) is 1. The van der Waals surface area contributed by atoms with Crippen molar-refractivity contribution in [3.63, 3.8) is 0 Å². The van der Waals surface area contributed by atoms with Gasteiger partial charge in [0.25, 0.3) is 0 Å². The maximum atomic E-state index is 11.9. The van der Waals surface area contributed by atoms with Crippen LogP contribution < -0.4 is 16.8 Å². The highest BCUT2D eigenvalue weighted by atomic mass is 16.2. The first-order valence-corrected chi connectivity index (χ1v) is 6.42. The number of amides is 1. The van der Waals surface area contributed by atoms with Gasteiger partial charge in [0.15, 0.2) is 0 Å². The van der Waals surface area contributed by atoms with Crippen LogP contribution in [0.3, 0.4) is 0 Å². The van der Waals surface area contributed by atoms with E-state index in [0.29, 0.717) is 25.8 Å². The Morgan fingerprint density at radius 1 is 1.32 bits per heavy atom. The number of rotatable bonds is 8. The molecular formula is C14H21N3O2. The lowest BCUT2D eigenvalue weighted by Gasteiger charge is -2.16. The topological polar surface area (TPSA) is 98.2 Å². The van der Waals surface area contributed by atoms with Crippen LogP contribution in [0.25, 0.3) is 0 Å². The maximum Gasteiger partial charge on any atom is 0.237 e. The van der Waals surface area contributed by atoms with Gasteiger partial charge in [0, 0.05) is 0 Å². The van der Waals surface area contributed by atoms with Gasteiger partial charge in [-0.15, -0.1) is 0 Å². The van der Waals surface area contributed by atoms with Gasteiger partial charge in [-0.3, -0.25) is 4.79 Å². The van der Waals surface area contributed by atoms with Gasteiger partial charge in [0.1, 0.15) is 6.29 Å². The molecule has 1 amide bonds. The van der Waals surface area contributed by atoms with Crippen LogP contribution in [0.15, 0.2) is 30.3 Å². The number of nitrogens with two attached hydrogens (primary N) is 2. The van der Waals surface area contributed by atoms with Crippen molar-refractivity contribution in [2.24, 2.45) is 11.5 Å². The molecule has 104 valence electrons. The second kappa shape index (κ2) is 8.39. The number of aldehydes is 1. The van der Waals surface area contributed by atoms with Crippen LogP contribution in [0.4, 0.5) is 0 Å². The highest BCUT2D eigenvalue weighted by Gasteiger charge is 2.17. The number of hydrogen-bond acceptors (Lipinski definition) is 4. The van der Waals surface area contributed by atoms with Crippen LogP contribution in [0.1, 0.15) is 18.4 Å². The van der Waals surface area contributed by atoms with Gasteiger partial charge in [0.05, 0.1) is 12.1 Å². The van der Waals surface area contributed by atoms with Crippen molar-refractivity contribution in [3.05, 3.63) is 35.9 Å². The molecule has 0 bridgehead atoms. The van der Waals surface area contributed by atoms with Crippen molar-refractivity contribution in [1.29, 1.82) is 0 Å². The van der Waals surface area contributed by atoms with E-state index in [4.69, 9.17) is 11.5 Å². The molecule has 0 aliphatic heterocycles. The summed E-state index contributed by atoms with van der Waals surface area (Å²) in [5, 5.41) is 2.63. The monoisotopic (exact) mass is 263 g/mol. The van der Waals surface area contributed by atoms with Gasteiger partial charge in [-0.1, -0.05) is 30.3 Å². The molecule has 0 fully saturated rings. The largest absolute Gasteiger partial charge is 0.345 e. The predicted molar refractivity (Wildman–Crippen MR) is 74.4 cm³/mol. The summed E-state index contributed by atoms with van der Waals surface area (Å²) in [6, 6.07) is 8.38. The number of carbonyl (C=O) groups excluding carboxylic acids is 2. The fraction of sp³-hybridized carbons (Fsp3) is 0.429. The molecule has 0 spiro atoms. The normalized spacial score (nSPS) is 13.6. The van der Waals surface area contributed by atoms with Crippen molar-refractivity contribution < 1.29 is 9.59 Å². The third-order valence-electron chi connectivity index (χ3n) is 2.85. The molecule has 0 aromatic heterocycles. The van der Waals surface area contributed by atoms with E-state index in [1.54, 1.807) is 0 Å². The highest BCUT2D eigenvalue weighted by molar-refractivity contribution is 5.84. The van der Waals surface area contributed by atoms with E-state index in [1.807, 2.05) is 30.3 Å². The van der Waals surface area contributed by atoms with E-state index < -0.39 is 12.1 Å². The summed E-state index contributed by atoms with van der Waals surface area (Å²) in [6.07, 6.45) is 2.42. The van der Waals surface area contributed by atoms with E-state index in [0.717, 1.165) is 11.8 Å². The van der Waals surface area contributed by atoms with Crippen LogP contribution in [-0.4, -0.2) is 30.8 Å². The van der Waals surface area contributed by atoms with Crippen molar-refractivity contribution in [3.8, 4) is 0 Å². The first kappa shape index (κ1) is 15.3. The van der Waals surface area contributed by atoms with E-state index in [-0.39, 0.29) is 5.91 Å². The van der Waals surface area contributed by atoms with Gasteiger partial charge in [-0.25, -0.2) is 0 Å². The van der Waals surface area contributed by atoms with Gasteiger partial charge < -0.3 is 21.6 Å². The lowest BCUT2D eigenvalue weighted by molar-refractivity contribution is -0.125. The van der Waals surface area contributed by atoms with E-state index in [1.165, 1.54) is 0 Å². The summed E-state index contributed by atoms with van der Waals surface area (Å²) in [6.45, 7) is 0.496. The number of benzene rings is 1. The minimum absolute atomic E-state index is 0.307. The Labute approximate surface area is 113 Å². The molecule has 0 unspecified atom stereocenters. The Hall–Kier alpha value is -1.72. The average molecular weight is 263 g/mol. The molecule has 0 aliphatic carbocycles. The van der Waals surface area contributed by atoms with Crippen molar-refractivity contribution in [1.82, 2.24) is 5.32 Å².